The van der Waals surface area contributed by atoms with E-state index in [2.05, 4.69) is 45.1 Å². The summed E-state index contributed by atoms with van der Waals surface area (Å²) in [6.45, 7) is 9.47. The van der Waals surface area contributed by atoms with Gasteiger partial charge in [0.2, 0.25) is 0 Å². The summed E-state index contributed by atoms with van der Waals surface area (Å²) in [5.74, 6) is 0. The van der Waals surface area contributed by atoms with Crippen molar-refractivity contribution < 1.29 is 14.3 Å². The number of halogens is 1. The van der Waals surface area contributed by atoms with Crippen molar-refractivity contribution in [3.05, 3.63) is 34.3 Å². The van der Waals surface area contributed by atoms with E-state index in [1.165, 1.54) is 5.56 Å². The maximum Gasteiger partial charge on any atom is 0.410 e. The monoisotopic (exact) mass is 396 g/mol. The molecule has 2 bridgehead atoms. The van der Waals surface area contributed by atoms with E-state index in [9.17, 15) is 4.79 Å². The summed E-state index contributed by atoms with van der Waals surface area (Å²) in [5, 5.41) is 0. The average Bonchev–Trinajstić information content (AvgIpc) is 2.47. The maximum absolute atomic E-state index is 12.3. The van der Waals surface area contributed by atoms with Crippen LogP contribution < -0.4 is 0 Å². The van der Waals surface area contributed by atoms with Gasteiger partial charge in [0.25, 0.3) is 0 Å². The number of morpholine rings is 2. The Labute approximate surface area is 152 Å². The van der Waals surface area contributed by atoms with Gasteiger partial charge in [-0.1, -0.05) is 28.1 Å². The molecule has 0 radical (unpaired) electrons. The maximum atomic E-state index is 12.3. The average molecular weight is 397 g/mol. The van der Waals surface area contributed by atoms with Crippen LogP contribution in [0.1, 0.15) is 26.3 Å². The van der Waals surface area contributed by atoms with E-state index in [1.54, 1.807) is 4.90 Å². The van der Waals surface area contributed by atoms with Gasteiger partial charge in [-0.05, 0) is 38.5 Å². The molecule has 2 atom stereocenters. The molecule has 0 saturated carbocycles. The third-order valence-corrected chi connectivity index (χ3v) is 4.66. The third kappa shape index (κ3) is 4.71. The molecule has 2 fully saturated rings. The molecule has 2 aliphatic heterocycles. The Bertz CT molecular complexity index is 571. The molecule has 0 aliphatic carbocycles. The summed E-state index contributed by atoms with van der Waals surface area (Å²) in [6.07, 6.45) is -0.122. The molecular formula is C18H25BrN2O3. The lowest BCUT2D eigenvalue weighted by molar-refractivity contribution is -0.137. The topological polar surface area (TPSA) is 42.0 Å². The first-order valence-corrected chi connectivity index (χ1v) is 9.18. The molecule has 2 saturated heterocycles. The molecule has 24 heavy (non-hydrogen) atoms. The van der Waals surface area contributed by atoms with Crippen molar-refractivity contribution in [1.29, 1.82) is 0 Å². The second-order valence-corrected chi connectivity index (χ2v) is 8.50. The van der Waals surface area contributed by atoms with Gasteiger partial charge < -0.3 is 14.4 Å². The van der Waals surface area contributed by atoms with E-state index in [4.69, 9.17) is 9.47 Å². The van der Waals surface area contributed by atoms with Gasteiger partial charge in [-0.15, -0.1) is 0 Å². The summed E-state index contributed by atoms with van der Waals surface area (Å²) in [5.41, 5.74) is 0.833. The number of hydrogen-bond donors (Lipinski definition) is 0. The normalized spacial score (nSPS) is 24.8. The number of hydrogen-bond acceptors (Lipinski definition) is 4. The third-order valence-electron chi connectivity index (χ3n) is 4.13. The lowest BCUT2D eigenvalue weighted by atomic mass is 10.1. The van der Waals surface area contributed by atoms with Crippen molar-refractivity contribution in [2.75, 3.05) is 26.2 Å². The largest absolute Gasteiger partial charge is 0.444 e. The number of benzene rings is 1. The van der Waals surface area contributed by atoms with Crippen LogP contribution in [0.25, 0.3) is 0 Å². The molecule has 1 aromatic rings. The van der Waals surface area contributed by atoms with Crippen molar-refractivity contribution in [3.8, 4) is 0 Å². The van der Waals surface area contributed by atoms with Crippen molar-refractivity contribution in [2.45, 2.75) is 45.1 Å². The minimum Gasteiger partial charge on any atom is -0.444 e. The lowest BCUT2D eigenvalue weighted by Gasteiger charge is -2.45. The molecule has 0 aromatic heterocycles. The number of fused-ring (bicyclic) bond motifs is 2. The van der Waals surface area contributed by atoms with Crippen molar-refractivity contribution in [1.82, 2.24) is 9.80 Å². The Balaban J connectivity index is 1.57. The molecule has 0 spiro atoms. The summed E-state index contributed by atoms with van der Waals surface area (Å²) in [4.78, 5) is 16.5. The zero-order valence-electron chi connectivity index (χ0n) is 14.5. The molecular weight excluding hydrogens is 372 g/mol. The minimum absolute atomic E-state index is 0.0560. The van der Waals surface area contributed by atoms with Crippen LogP contribution in [0, 0.1) is 0 Å². The smallest absolute Gasteiger partial charge is 0.410 e. The Hall–Kier alpha value is -1.11. The van der Waals surface area contributed by atoms with Gasteiger partial charge in [0, 0.05) is 24.1 Å². The molecule has 2 heterocycles. The quantitative estimate of drug-likeness (QED) is 0.768. The highest BCUT2D eigenvalue weighted by Crippen LogP contribution is 2.23. The molecule has 2 unspecified atom stereocenters. The van der Waals surface area contributed by atoms with Crippen molar-refractivity contribution in [2.24, 2.45) is 0 Å². The van der Waals surface area contributed by atoms with Gasteiger partial charge in [-0.3, -0.25) is 4.90 Å². The highest BCUT2D eigenvalue weighted by molar-refractivity contribution is 9.10. The summed E-state index contributed by atoms with van der Waals surface area (Å²) in [6, 6.07) is 8.42. The standard InChI is InChI=1S/C18H25BrN2O3/c1-18(2,3)24-17(22)21-11-15-9-20(10-16(12-21)23-15)8-13-4-6-14(19)7-5-13/h4-7,15-16H,8-12H2,1-3H3. The summed E-state index contributed by atoms with van der Waals surface area (Å²) in [7, 11) is 0. The molecule has 1 aromatic carbocycles. The Morgan fingerprint density at radius 2 is 1.75 bits per heavy atom. The second-order valence-electron chi connectivity index (χ2n) is 7.59. The van der Waals surface area contributed by atoms with E-state index in [0.29, 0.717) is 13.1 Å². The first kappa shape index (κ1) is 17.7. The van der Waals surface area contributed by atoms with E-state index in [1.807, 2.05) is 20.8 Å². The summed E-state index contributed by atoms with van der Waals surface area (Å²) >= 11 is 3.47. The zero-order chi connectivity index (χ0) is 17.3. The molecule has 6 heteroatoms. The van der Waals surface area contributed by atoms with Gasteiger partial charge >= 0.3 is 6.09 Å². The Kier molecular flexibility index (Phi) is 5.18. The Morgan fingerprint density at radius 1 is 1.17 bits per heavy atom. The predicted octanol–water partition coefficient (Wildman–Crippen LogP) is 3.27. The fraction of sp³-hybridized carbons (Fsp3) is 0.611. The summed E-state index contributed by atoms with van der Waals surface area (Å²) < 4.78 is 12.6. The SMILES string of the molecule is CC(C)(C)OC(=O)N1CC2CN(Cc3ccc(Br)cc3)CC(C1)O2. The number of amides is 1. The molecule has 2 aliphatic rings. The number of ether oxygens (including phenoxy) is 2. The van der Waals surface area contributed by atoms with E-state index in [-0.39, 0.29) is 18.3 Å². The van der Waals surface area contributed by atoms with Gasteiger partial charge in [0.05, 0.1) is 25.3 Å². The van der Waals surface area contributed by atoms with Crippen LogP contribution in [-0.2, 0) is 16.0 Å². The second kappa shape index (κ2) is 7.02. The van der Waals surface area contributed by atoms with Gasteiger partial charge in [-0.2, -0.15) is 0 Å². The number of rotatable bonds is 2. The van der Waals surface area contributed by atoms with Crippen LogP contribution in [-0.4, -0.2) is 59.9 Å². The van der Waals surface area contributed by atoms with E-state index >= 15 is 0 Å². The number of carbonyl (C=O) groups is 1. The van der Waals surface area contributed by atoms with E-state index in [0.717, 1.165) is 24.1 Å². The van der Waals surface area contributed by atoms with Crippen LogP contribution in [0.2, 0.25) is 0 Å². The molecule has 5 nitrogen and oxygen atoms in total. The first-order valence-electron chi connectivity index (χ1n) is 8.39. The molecule has 132 valence electrons. The number of carbonyl (C=O) groups excluding carboxylic acids is 1. The Morgan fingerprint density at radius 3 is 2.29 bits per heavy atom. The molecule has 3 rings (SSSR count). The van der Waals surface area contributed by atoms with Crippen LogP contribution in [0.3, 0.4) is 0 Å². The van der Waals surface area contributed by atoms with Crippen LogP contribution in [0.4, 0.5) is 4.79 Å². The first-order chi connectivity index (χ1) is 11.3. The van der Waals surface area contributed by atoms with Crippen LogP contribution in [0.15, 0.2) is 28.7 Å². The van der Waals surface area contributed by atoms with Crippen molar-refractivity contribution >= 4 is 22.0 Å². The number of nitrogens with zero attached hydrogens (tertiary/aromatic N) is 2. The minimum atomic E-state index is -0.460. The highest BCUT2D eigenvalue weighted by Gasteiger charge is 2.38. The van der Waals surface area contributed by atoms with Crippen molar-refractivity contribution in [3.63, 3.8) is 0 Å². The fourth-order valence-corrected chi connectivity index (χ4v) is 3.49. The van der Waals surface area contributed by atoms with E-state index < -0.39 is 5.60 Å². The molecule has 0 N–H and O–H groups in total. The predicted molar refractivity (Wildman–Crippen MR) is 95.9 cm³/mol. The molecule has 1 amide bonds. The van der Waals surface area contributed by atoms with Crippen LogP contribution >= 0.6 is 15.9 Å². The fourth-order valence-electron chi connectivity index (χ4n) is 3.23. The van der Waals surface area contributed by atoms with Gasteiger partial charge in [0.1, 0.15) is 5.60 Å². The highest BCUT2D eigenvalue weighted by atomic mass is 79.9. The zero-order valence-corrected chi connectivity index (χ0v) is 16.1. The lowest BCUT2D eigenvalue weighted by Crippen LogP contribution is -2.60. The van der Waals surface area contributed by atoms with Gasteiger partial charge in [-0.25, -0.2) is 4.79 Å². The van der Waals surface area contributed by atoms with Crippen LogP contribution in [0.5, 0.6) is 0 Å². The van der Waals surface area contributed by atoms with Gasteiger partial charge in [0.15, 0.2) is 0 Å².